The summed E-state index contributed by atoms with van der Waals surface area (Å²) in [6.45, 7) is 0. The fourth-order valence-corrected chi connectivity index (χ4v) is 2.43. The molecule has 0 aliphatic carbocycles. The van der Waals surface area contributed by atoms with Crippen LogP contribution in [0, 0.1) is 11.3 Å². The minimum Gasteiger partial charge on any atom is -0.322 e. The molecule has 3 aromatic rings. The van der Waals surface area contributed by atoms with E-state index in [0.29, 0.717) is 22.4 Å². The molecule has 0 atom stereocenters. The number of anilines is 1. The summed E-state index contributed by atoms with van der Waals surface area (Å²) in [5.74, 6) is -0.395. The molecule has 27 heavy (non-hydrogen) atoms. The van der Waals surface area contributed by atoms with Gasteiger partial charge in [-0.3, -0.25) is 9.78 Å². The van der Waals surface area contributed by atoms with Crippen molar-refractivity contribution in [1.29, 1.82) is 5.26 Å². The van der Waals surface area contributed by atoms with Crippen LogP contribution in [0.4, 0.5) is 18.9 Å². The highest BCUT2D eigenvalue weighted by Crippen LogP contribution is 2.31. The molecule has 0 saturated carbocycles. The highest BCUT2D eigenvalue weighted by atomic mass is 19.4. The van der Waals surface area contributed by atoms with Crippen LogP contribution in [0.15, 0.2) is 66.9 Å². The average molecular weight is 367 g/mol. The molecule has 1 heterocycles. The lowest BCUT2D eigenvalue weighted by molar-refractivity contribution is -0.137. The van der Waals surface area contributed by atoms with Gasteiger partial charge in [-0.1, -0.05) is 18.2 Å². The lowest BCUT2D eigenvalue weighted by atomic mass is 10.1. The summed E-state index contributed by atoms with van der Waals surface area (Å²) in [7, 11) is 0. The van der Waals surface area contributed by atoms with Gasteiger partial charge in [-0.05, 0) is 42.5 Å². The van der Waals surface area contributed by atoms with Gasteiger partial charge < -0.3 is 5.32 Å². The second-order valence-electron chi connectivity index (χ2n) is 5.65. The van der Waals surface area contributed by atoms with E-state index in [4.69, 9.17) is 5.26 Å². The number of pyridine rings is 1. The first-order valence-electron chi connectivity index (χ1n) is 7.82. The summed E-state index contributed by atoms with van der Waals surface area (Å²) >= 11 is 0. The van der Waals surface area contributed by atoms with E-state index in [2.05, 4.69) is 10.3 Å². The molecular weight excluding hydrogens is 355 g/mol. The SMILES string of the molecule is N#Cc1cccc(NC(=O)c2ccc(-c3cc(C(F)(F)F)ccn3)cc2)c1. The fraction of sp³-hybridized carbons (Fsp3) is 0.0500. The smallest absolute Gasteiger partial charge is 0.322 e. The number of nitriles is 1. The number of nitrogens with one attached hydrogen (secondary N) is 1. The van der Waals surface area contributed by atoms with Gasteiger partial charge in [0.1, 0.15) is 0 Å². The molecule has 0 aliphatic heterocycles. The standard InChI is InChI=1S/C20H12F3N3O/c21-20(22,23)16-8-9-25-18(11-16)14-4-6-15(7-5-14)19(27)26-17-3-1-2-13(10-17)12-24/h1-11H,(H,26,27). The Labute approximate surface area is 152 Å². The topological polar surface area (TPSA) is 65.8 Å². The first-order valence-corrected chi connectivity index (χ1v) is 7.82. The molecule has 4 nitrogen and oxygen atoms in total. The van der Waals surface area contributed by atoms with Gasteiger partial charge in [-0.15, -0.1) is 0 Å². The summed E-state index contributed by atoms with van der Waals surface area (Å²) < 4.78 is 38.4. The van der Waals surface area contributed by atoms with Gasteiger partial charge in [-0.2, -0.15) is 18.4 Å². The number of alkyl halides is 3. The molecule has 0 spiro atoms. The van der Waals surface area contributed by atoms with Crippen LogP contribution in [0.2, 0.25) is 0 Å². The number of hydrogen-bond donors (Lipinski definition) is 1. The quantitative estimate of drug-likeness (QED) is 0.717. The van der Waals surface area contributed by atoms with Gasteiger partial charge in [0.25, 0.3) is 5.91 Å². The van der Waals surface area contributed by atoms with Crippen LogP contribution in [-0.4, -0.2) is 10.9 Å². The van der Waals surface area contributed by atoms with E-state index in [9.17, 15) is 18.0 Å². The lowest BCUT2D eigenvalue weighted by Gasteiger charge is -2.09. The molecule has 0 radical (unpaired) electrons. The Bertz CT molecular complexity index is 1020. The highest BCUT2D eigenvalue weighted by Gasteiger charge is 2.30. The number of carbonyl (C=O) groups is 1. The molecule has 0 fully saturated rings. The van der Waals surface area contributed by atoms with E-state index < -0.39 is 17.6 Å². The molecule has 1 amide bonds. The van der Waals surface area contributed by atoms with Gasteiger partial charge in [0.15, 0.2) is 0 Å². The van der Waals surface area contributed by atoms with Crippen LogP contribution in [0.3, 0.4) is 0 Å². The normalized spacial score (nSPS) is 10.9. The van der Waals surface area contributed by atoms with Gasteiger partial charge in [-0.25, -0.2) is 0 Å². The Morgan fingerprint density at radius 3 is 2.44 bits per heavy atom. The van der Waals surface area contributed by atoms with Crippen LogP contribution in [0.1, 0.15) is 21.5 Å². The molecule has 0 bridgehead atoms. The van der Waals surface area contributed by atoms with Crippen LogP contribution < -0.4 is 5.32 Å². The van der Waals surface area contributed by atoms with E-state index in [-0.39, 0.29) is 5.69 Å². The third-order valence-electron chi connectivity index (χ3n) is 3.78. The molecule has 1 N–H and O–H groups in total. The zero-order valence-electron chi connectivity index (χ0n) is 13.8. The number of hydrogen-bond acceptors (Lipinski definition) is 3. The maximum absolute atomic E-state index is 12.8. The van der Waals surface area contributed by atoms with Crippen molar-refractivity contribution in [2.75, 3.05) is 5.32 Å². The molecule has 134 valence electrons. The van der Waals surface area contributed by atoms with Crippen LogP contribution in [0.25, 0.3) is 11.3 Å². The molecule has 2 aromatic carbocycles. The second-order valence-corrected chi connectivity index (χ2v) is 5.65. The average Bonchev–Trinajstić information content (AvgIpc) is 2.67. The first-order chi connectivity index (χ1) is 12.9. The van der Waals surface area contributed by atoms with Crippen molar-refractivity contribution in [3.63, 3.8) is 0 Å². The largest absolute Gasteiger partial charge is 0.416 e. The highest BCUT2D eigenvalue weighted by molar-refractivity contribution is 6.04. The molecule has 7 heteroatoms. The summed E-state index contributed by atoms with van der Waals surface area (Å²) in [5, 5.41) is 11.5. The van der Waals surface area contributed by atoms with Crippen molar-refractivity contribution in [2.45, 2.75) is 6.18 Å². The lowest BCUT2D eigenvalue weighted by Crippen LogP contribution is -2.11. The van der Waals surface area contributed by atoms with Crippen molar-refractivity contribution in [3.8, 4) is 17.3 Å². The monoisotopic (exact) mass is 367 g/mol. The Morgan fingerprint density at radius 2 is 1.78 bits per heavy atom. The van der Waals surface area contributed by atoms with Crippen LogP contribution in [0.5, 0.6) is 0 Å². The predicted octanol–water partition coefficient (Wildman–Crippen LogP) is 4.89. The molecular formula is C20H12F3N3O. The zero-order valence-corrected chi connectivity index (χ0v) is 13.8. The third kappa shape index (κ3) is 4.30. The van der Waals surface area contributed by atoms with Crippen LogP contribution >= 0.6 is 0 Å². The number of halogens is 3. The van der Waals surface area contributed by atoms with E-state index >= 15 is 0 Å². The predicted molar refractivity (Wildman–Crippen MR) is 93.8 cm³/mol. The van der Waals surface area contributed by atoms with Crippen LogP contribution in [-0.2, 0) is 6.18 Å². The Kier molecular flexibility index (Phi) is 4.90. The maximum Gasteiger partial charge on any atom is 0.416 e. The van der Waals surface area contributed by atoms with Crippen molar-refractivity contribution < 1.29 is 18.0 Å². The van der Waals surface area contributed by atoms with E-state index in [0.717, 1.165) is 18.3 Å². The Morgan fingerprint density at radius 1 is 1.04 bits per heavy atom. The third-order valence-corrected chi connectivity index (χ3v) is 3.78. The zero-order chi connectivity index (χ0) is 19.4. The maximum atomic E-state index is 12.8. The van der Waals surface area contributed by atoms with Gasteiger partial charge in [0.05, 0.1) is 22.9 Å². The summed E-state index contributed by atoms with van der Waals surface area (Å²) in [4.78, 5) is 16.2. The van der Waals surface area contributed by atoms with E-state index in [1.54, 1.807) is 24.3 Å². The molecule has 3 rings (SSSR count). The van der Waals surface area contributed by atoms with Crippen molar-refractivity contribution in [3.05, 3.63) is 83.6 Å². The summed E-state index contributed by atoms with van der Waals surface area (Å²) in [6.07, 6.45) is -3.35. The minimum atomic E-state index is -4.45. The van der Waals surface area contributed by atoms with Gasteiger partial charge >= 0.3 is 6.18 Å². The summed E-state index contributed by atoms with van der Waals surface area (Å²) in [5.41, 5.74) is 1.06. The molecule has 0 aliphatic rings. The van der Waals surface area contributed by atoms with E-state index in [1.165, 1.54) is 24.3 Å². The van der Waals surface area contributed by atoms with E-state index in [1.807, 2.05) is 6.07 Å². The number of benzene rings is 2. The molecule has 0 unspecified atom stereocenters. The number of amides is 1. The molecule has 0 saturated heterocycles. The Hall–Kier alpha value is -3.66. The summed E-state index contributed by atoms with van der Waals surface area (Å²) in [6, 6.07) is 16.4. The van der Waals surface area contributed by atoms with Gasteiger partial charge in [0.2, 0.25) is 0 Å². The first kappa shape index (κ1) is 18.1. The number of nitrogens with zero attached hydrogens (tertiary/aromatic N) is 2. The second kappa shape index (κ2) is 7.30. The molecule has 1 aromatic heterocycles. The van der Waals surface area contributed by atoms with Crippen molar-refractivity contribution in [2.24, 2.45) is 0 Å². The van der Waals surface area contributed by atoms with Crippen molar-refractivity contribution >= 4 is 11.6 Å². The Balaban J connectivity index is 1.79. The number of carbonyl (C=O) groups excluding carboxylic acids is 1. The number of rotatable bonds is 3. The number of aromatic nitrogens is 1. The van der Waals surface area contributed by atoms with Gasteiger partial charge in [0, 0.05) is 23.0 Å². The van der Waals surface area contributed by atoms with Crippen molar-refractivity contribution in [1.82, 2.24) is 4.98 Å². The minimum absolute atomic E-state index is 0.165. The fourth-order valence-electron chi connectivity index (χ4n) is 2.43.